The summed E-state index contributed by atoms with van der Waals surface area (Å²) < 4.78 is 5.38. The standard InChI is InChI=1S/C13H20O3/c1-13(2,3)10-5-4-6-12(7-10)16-9-11(15)8-14/h4-7,11,14-15H,8-9H2,1-3H3/t11-/m1/s1. The zero-order valence-corrected chi connectivity index (χ0v) is 10.1. The van der Waals surface area contributed by atoms with Crippen molar-refractivity contribution >= 4 is 0 Å². The summed E-state index contributed by atoms with van der Waals surface area (Å²) in [6, 6.07) is 7.79. The average molecular weight is 224 g/mol. The van der Waals surface area contributed by atoms with E-state index in [1.165, 1.54) is 5.56 Å². The van der Waals surface area contributed by atoms with Gasteiger partial charge in [-0.15, -0.1) is 0 Å². The van der Waals surface area contributed by atoms with Gasteiger partial charge in [-0.05, 0) is 23.1 Å². The molecule has 1 aromatic carbocycles. The van der Waals surface area contributed by atoms with E-state index < -0.39 is 6.10 Å². The molecule has 0 bridgehead atoms. The van der Waals surface area contributed by atoms with Crippen molar-refractivity contribution in [1.82, 2.24) is 0 Å². The first kappa shape index (κ1) is 13.0. The highest BCUT2D eigenvalue weighted by Gasteiger charge is 2.14. The SMILES string of the molecule is CC(C)(C)c1cccc(OC[C@H](O)CO)c1. The predicted octanol–water partition coefficient (Wildman–Crippen LogP) is 1.72. The van der Waals surface area contributed by atoms with Gasteiger partial charge in [0.2, 0.25) is 0 Å². The fourth-order valence-electron chi connectivity index (χ4n) is 1.30. The second-order valence-corrected chi connectivity index (χ2v) is 4.93. The van der Waals surface area contributed by atoms with Crippen LogP contribution in [0.5, 0.6) is 5.75 Å². The molecule has 0 aliphatic rings. The van der Waals surface area contributed by atoms with Crippen molar-refractivity contribution in [3.8, 4) is 5.75 Å². The summed E-state index contributed by atoms with van der Waals surface area (Å²) in [7, 11) is 0. The van der Waals surface area contributed by atoms with Crippen LogP contribution in [0, 0.1) is 0 Å². The van der Waals surface area contributed by atoms with E-state index in [0.717, 1.165) is 5.75 Å². The Bertz CT molecular complexity index is 328. The van der Waals surface area contributed by atoms with Crippen LogP contribution < -0.4 is 4.74 Å². The minimum absolute atomic E-state index is 0.0783. The van der Waals surface area contributed by atoms with Gasteiger partial charge in [-0.25, -0.2) is 0 Å². The van der Waals surface area contributed by atoms with Crippen molar-refractivity contribution in [1.29, 1.82) is 0 Å². The molecule has 0 radical (unpaired) electrons. The Kier molecular flexibility index (Phi) is 4.33. The summed E-state index contributed by atoms with van der Waals surface area (Å²) in [5, 5.41) is 17.8. The highest BCUT2D eigenvalue weighted by Crippen LogP contribution is 2.25. The van der Waals surface area contributed by atoms with Gasteiger partial charge in [-0.3, -0.25) is 0 Å². The molecule has 0 heterocycles. The van der Waals surface area contributed by atoms with Crippen LogP contribution >= 0.6 is 0 Å². The topological polar surface area (TPSA) is 49.7 Å². The molecular formula is C13H20O3. The fraction of sp³-hybridized carbons (Fsp3) is 0.538. The smallest absolute Gasteiger partial charge is 0.119 e. The highest BCUT2D eigenvalue weighted by atomic mass is 16.5. The molecule has 0 spiro atoms. The van der Waals surface area contributed by atoms with Gasteiger partial charge in [0, 0.05) is 0 Å². The van der Waals surface area contributed by atoms with Gasteiger partial charge >= 0.3 is 0 Å². The second kappa shape index (κ2) is 5.32. The first-order chi connectivity index (χ1) is 7.43. The largest absolute Gasteiger partial charge is 0.491 e. The fourth-order valence-corrected chi connectivity index (χ4v) is 1.30. The lowest BCUT2D eigenvalue weighted by molar-refractivity contribution is 0.0535. The Balaban J connectivity index is 2.68. The maximum absolute atomic E-state index is 9.17. The van der Waals surface area contributed by atoms with E-state index in [1.807, 2.05) is 18.2 Å². The summed E-state index contributed by atoms with van der Waals surface area (Å²) in [4.78, 5) is 0. The summed E-state index contributed by atoms with van der Waals surface area (Å²) in [5.41, 5.74) is 1.26. The summed E-state index contributed by atoms with van der Waals surface area (Å²) in [6.07, 6.45) is -0.821. The lowest BCUT2D eigenvalue weighted by Gasteiger charge is -2.20. The molecule has 0 aliphatic heterocycles. The normalized spacial score (nSPS) is 13.6. The predicted molar refractivity (Wildman–Crippen MR) is 63.7 cm³/mol. The van der Waals surface area contributed by atoms with Gasteiger partial charge < -0.3 is 14.9 Å². The third-order valence-corrected chi connectivity index (χ3v) is 2.35. The van der Waals surface area contributed by atoms with Crippen LogP contribution in [-0.2, 0) is 5.41 Å². The zero-order valence-electron chi connectivity index (χ0n) is 10.1. The van der Waals surface area contributed by atoms with E-state index >= 15 is 0 Å². The van der Waals surface area contributed by atoms with E-state index in [-0.39, 0.29) is 18.6 Å². The zero-order chi connectivity index (χ0) is 12.2. The van der Waals surface area contributed by atoms with E-state index in [2.05, 4.69) is 26.8 Å². The van der Waals surface area contributed by atoms with Crippen LogP contribution in [0.2, 0.25) is 0 Å². The number of ether oxygens (including phenoxy) is 1. The molecule has 0 aromatic heterocycles. The van der Waals surface area contributed by atoms with Crippen LogP contribution in [0.25, 0.3) is 0 Å². The summed E-state index contributed by atoms with van der Waals surface area (Å²) in [5.74, 6) is 0.722. The molecule has 1 atom stereocenters. The van der Waals surface area contributed by atoms with Gasteiger partial charge in [0.1, 0.15) is 18.5 Å². The van der Waals surface area contributed by atoms with Gasteiger partial charge in [0.05, 0.1) is 6.61 Å². The lowest BCUT2D eigenvalue weighted by atomic mass is 9.87. The molecule has 1 aromatic rings. The van der Waals surface area contributed by atoms with Gasteiger partial charge in [-0.1, -0.05) is 32.9 Å². The van der Waals surface area contributed by atoms with E-state index in [1.54, 1.807) is 0 Å². The average Bonchev–Trinajstić information content (AvgIpc) is 2.25. The van der Waals surface area contributed by atoms with Crippen molar-refractivity contribution in [2.45, 2.75) is 32.3 Å². The highest BCUT2D eigenvalue weighted by molar-refractivity contribution is 5.32. The van der Waals surface area contributed by atoms with Gasteiger partial charge in [0.25, 0.3) is 0 Å². The maximum Gasteiger partial charge on any atom is 0.119 e. The molecule has 1 rings (SSSR count). The van der Waals surface area contributed by atoms with Crippen LogP contribution in [0.15, 0.2) is 24.3 Å². The molecule has 3 nitrogen and oxygen atoms in total. The van der Waals surface area contributed by atoms with E-state index in [0.29, 0.717) is 0 Å². The van der Waals surface area contributed by atoms with E-state index in [9.17, 15) is 5.11 Å². The molecule has 0 saturated heterocycles. The number of aliphatic hydroxyl groups is 2. The van der Waals surface area contributed by atoms with Crippen molar-refractivity contribution in [2.75, 3.05) is 13.2 Å². The molecule has 3 heteroatoms. The Morgan fingerprint density at radius 3 is 2.56 bits per heavy atom. The number of rotatable bonds is 4. The van der Waals surface area contributed by atoms with Crippen molar-refractivity contribution in [2.24, 2.45) is 0 Å². The van der Waals surface area contributed by atoms with Crippen LogP contribution in [0.4, 0.5) is 0 Å². The van der Waals surface area contributed by atoms with E-state index in [4.69, 9.17) is 9.84 Å². The van der Waals surface area contributed by atoms with Crippen molar-refractivity contribution < 1.29 is 14.9 Å². The summed E-state index contributed by atoms with van der Waals surface area (Å²) >= 11 is 0. The minimum Gasteiger partial charge on any atom is -0.491 e. The molecular weight excluding hydrogens is 204 g/mol. The van der Waals surface area contributed by atoms with Crippen LogP contribution in [0.1, 0.15) is 26.3 Å². The Morgan fingerprint density at radius 1 is 1.31 bits per heavy atom. The third-order valence-electron chi connectivity index (χ3n) is 2.35. The lowest BCUT2D eigenvalue weighted by Crippen LogP contribution is -2.21. The molecule has 0 fully saturated rings. The number of benzene rings is 1. The number of aliphatic hydroxyl groups excluding tert-OH is 2. The molecule has 90 valence electrons. The Morgan fingerprint density at radius 2 is 2.00 bits per heavy atom. The molecule has 2 N–H and O–H groups in total. The van der Waals surface area contributed by atoms with Crippen LogP contribution in [-0.4, -0.2) is 29.5 Å². The quantitative estimate of drug-likeness (QED) is 0.818. The van der Waals surface area contributed by atoms with Crippen molar-refractivity contribution in [3.05, 3.63) is 29.8 Å². The molecule has 0 unspecified atom stereocenters. The molecule has 0 aliphatic carbocycles. The maximum atomic E-state index is 9.17. The molecule has 0 amide bonds. The minimum atomic E-state index is -0.821. The number of hydrogen-bond acceptors (Lipinski definition) is 3. The Labute approximate surface area is 96.7 Å². The van der Waals surface area contributed by atoms with Gasteiger partial charge in [-0.2, -0.15) is 0 Å². The van der Waals surface area contributed by atoms with Crippen molar-refractivity contribution in [3.63, 3.8) is 0 Å². The molecule has 16 heavy (non-hydrogen) atoms. The number of hydrogen-bond donors (Lipinski definition) is 2. The first-order valence-electron chi connectivity index (χ1n) is 5.46. The third kappa shape index (κ3) is 3.83. The van der Waals surface area contributed by atoms with Gasteiger partial charge in [0.15, 0.2) is 0 Å². The van der Waals surface area contributed by atoms with Crippen LogP contribution in [0.3, 0.4) is 0 Å². The monoisotopic (exact) mass is 224 g/mol. The second-order valence-electron chi connectivity index (χ2n) is 4.93. The molecule has 0 saturated carbocycles. The first-order valence-corrected chi connectivity index (χ1v) is 5.46. The summed E-state index contributed by atoms with van der Waals surface area (Å²) in [6.45, 7) is 6.24. The Hall–Kier alpha value is -1.06.